The van der Waals surface area contributed by atoms with Crippen molar-refractivity contribution in [3.8, 4) is 0 Å². The first-order valence-corrected chi connectivity index (χ1v) is 8.13. The summed E-state index contributed by atoms with van der Waals surface area (Å²) in [6, 6.07) is 0.589. The lowest BCUT2D eigenvalue weighted by atomic mass is 9.92. The molecule has 0 saturated carbocycles. The molecule has 2 aliphatic rings. The molecule has 0 aromatic carbocycles. The minimum Gasteiger partial charge on any atom is -0.367 e. The standard InChI is InChI=1S/C16H29NO2/c1-3-5-7-13(4-2)10-15(18)16-11-17-9-6-8-14(17)12-19-16/h13-14,16H,3-12H2,1-2H3. The number of nitrogens with zero attached hydrogens (tertiary/aromatic N) is 1. The Morgan fingerprint density at radius 1 is 1.42 bits per heavy atom. The second kappa shape index (κ2) is 7.39. The van der Waals surface area contributed by atoms with Crippen molar-refractivity contribution in [3.05, 3.63) is 0 Å². The Balaban J connectivity index is 1.78. The van der Waals surface area contributed by atoms with Crippen LogP contribution in [0.5, 0.6) is 0 Å². The van der Waals surface area contributed by atoms with E-state index in [-0.39, 0.29) is 6.10 Å². The Kier molecular flexibility index (Phi) is 5.83. The van der Waals surface area contributed by atoms with Gasteiger partial charge in [0.2, 0.25) is 0 Å². The van der Waals surface area contributed by atoms with Crippen molar-refractivity contribution in [3.63, 3.8) is 0 Å². The van der Waals surface area contributed by atoms with Crippen LogP contribution in [0.4, 0.5) is 0 Å². The van der Waals surface area contributed by atoms with Gasteiger partial charge in [0, 0.05) is 19.0 Å². The molecule has 0 amide bonds. The van der Waals surface area contributed by atoms with E-state index >= 15 is 0 Å². The van der Waals surface area contributed by atoms with E-state index in [2.05, 4.69) is 18.7 Å². The van der Waals surface area contributed by atoms with E-state index in [1.165, 1.54) is 32.1 Å². The molecule has 3 unspecified atom stereocenters. The van der Waals surface area contributed by atoms with Crippen LogP contribution >= 0.6 is 0 Å². The van der Waals surface area contributed by atoms with Crippen LogP contribution in [0.1, 0.15) is 58.8 Å². The number of fused-ring (bicyclic) bond motifs is 1. The fourth-order valence-electron chi connectivity index (χ4n) is 3.37. The summed E-state index contributed by atoms with van der Waals surface area (Å²) >= 11 is 0. The first-order valence-electron chi connectivity index (χ1n) is 8.13. The molecule has 3 nitrogen and oxygen atoms in total. The number of hydrogen-bond acceptors (Lipinski definition) is 3. The number of ether oxygens (including phenoxy) is 1. The molecule has 110 valence electrons. The number of rotatable bonds is 7. The Hall–Kier alpha value is -0.410. The monoisotopic (exact) mass is 267 g/mol. The lowest BCUT2D eigenvalue weighted by Gasteiger charge is -2.34. The highest BCUT2D eigenvalue weighted by Gasteiger charge is 2.35. The van der Waals surface area contributed by atoms with Crippen LogP contribution in [0.3, 0.4) is 0 Å². The van der Waals surface area contributed by atoms with Crippen molar-refractivity contribution in [2.75, 3.05) is 19.7 Å². The van der Waals surface area contributed by atoms with Gasteiger partial charge in [-0.1, -0.05) is 39.5 Å². The Bertz CT molecular complexity index is 292. The quantitative estimate of drug-likeness (QED) is 0.710. The normalized spacial score (nSPS) is 29.2. The van der Waals surface area contributed by atoms with Gasteiger partial charge in [0.1, 0.15) is 6.10 Å². The predicted octanol–water partition coefficient (Wildman–Crippen LogP) is 3.03. The number of carbonyl (C=O) groups is 1. The van der Waals surface area contributed by atoms with Crippen LogP contribution in [0.2, 0.25) is 0 Å². The van der Waals surface area contributed by atoms with Crippen molar-refractivity contribution in [2.45, 2.75) is 70.9 Å². The Morgan fingerprint density at radius 3 is 3.00 bits per heavy atom. The van der Waals surface area contributed by atoms with Gasteiger partial charge < -0.3 is 4.74 Å². The molecule has 0 aromatic heterocycles. The molecule has 2 aliphatic heterocycles. The van der Waals surface area contributed by atoms with Gasteiger partial charge in [-0.3, -0.25) is 9.69 Å². The van der Waals surface area contributed by atoms with Crippen LogP contribution in [0.15, 0.2) is 0 Å². The summed E-state index contributed by atoms with van der Waals surface area (Å²) in [5.74, 6) is 0.903. The number of carbonyl (C=O) groups excluding carboxylic acids is 1. The zero-order valence-corrected chi connectivity index (χ0v) is 12.6. The van der Waals surface area contributed by atoms with Crippen molar-refractivity contribution < 1.29 is 9.53 Å². The van der Waals surface area contributed by atoms with Crippen LogP contribution in [-0.2, 0) is 9.53 Å². The molecule has 0 N–H and O–H groups in total. The van der Waals surface area contributed by atoms with E-state index in [1.54, 1.807) is 0 Å². The number of unbranched alkanes of at least 4 members (excludes halogenated alkanes) is 1. The van der Waals surface area contributed by atoms with E-state index < -0.39 is 0 Å². The average Bonchev–Trinajstić information content (AvgIpc) is 2.90. The van der Waals surface area contributed by atoms with Gasteiger partial charge >= 0.3 is 0 Å². The first-order chi connectivity index (χ1) is 9.24. The SMILES string of the molecule is CCCCC(CC)CC(=O)C1CN2CCCC2CO1. The number of morpholine rings is 1. The summed E-state index contributed by atoms with van der Waals surface area (Å²) in [6.45, 7) is 7.18. The van der Waals surface area contributed by atoms with E-state index in [1.807, 2.05) is 0 Å². The zero-order valence-electron chi connectivity index (χ0n) is 12.6. The summed E-state index contributed by atoms with van der Waals surface area (Å²) in [5.41, 5.74) is 0. The molecule has 2 saturated heterocycles. The van der Waals surface area contributed by atoms with Crippen molar-refractivity contribution in [1.29, 1.82) is 0 Å². The van der Waals surface area contributed by atoms with E-state index in [0.717, 1.165) is 32.5 Å². The number of ketones is 1. The molecule has 3 atom stereocenters. The number of Topliss-reactive ketones (excluding diaryl/α,β-unsaturated/α-hetero) is 1. The molecule has 0 aliphatic carbocycles. The van der Waals surface area contributed by atoms with Gasteiger partial charge in [-0.15, -0.1) is 0 Å². The van der Waals surface area contributed by atoms with Crippen LogP contribution in [-0.4, -0.2) is 42.5 Å². The molecule has 0 bridgehead atoms. The third-order valence-electron chi connectivity index (χ3n) is 4.78. The summed E-state index contributed by atoms with van der Waals surface area (Å²) < 4.78 is 5.81. The molecule has 0 radical (unpaired) electrons. The van der Waals surface area contributed by atoms with Gasteiger partial charge in [-0.2, -0.15) is 0 Å². The second-order valence-electron chi connectivity index (χ2n) is 6.20. The highest BCUT2D eigenvalue weighted by atomic mass is 16.5. The second-order valence-corrected chi connectivity index (χ2v) is 6.20. The number of hydrogen-bond donors (Lipinski definition) is 0. The smallest absolute Gasteiger partial charge is 0.163 e. The topological polar surface area (TPSA) is 29.5 Å². The van der Waals surface area contributed by atoms with Gasteiger partial charge in [0.25, 0.3) is 0 Å². The van der Waals surface area contributed by atoms with Crippen molar-refractivity contribution in [2.24, 2.45) is 5.92 Å². The summed E-state index contributed by atoms with van der Waals surface area (Å²) in [6.07, 6.45) is 7.86. The van der Waals surface area contributed by atoms with Crippen molar-refractivity contribution in [1.82, 2.24) is 4.90 Å². The third kappa shape index (κ3) is 4.03. The van der Waals surface area contributed by atoms with Gasteiger partial charge in [-0.25, -0.2) is 0 Å². The molecular weight excluding hydrogens is 238 g/mol. The molecular formula is C16H29NO2. The van der Waals surface area contributed by atoms with Gasteiger partial charge in [-0.05, 0) is 25.3 Å². The lowest BCUT2D eigenvalue weighted by Crippen LogP contribution is -2.49. The summed E-state index contributed by atoms with van der Waals surface area (Å²) in [5, 5.41) is 0. The maximum Gasteiger partial charge on any atom is 0.163 e. The molecule has 0 spiro atoms. The summed E-state index contributed by atoms with van der Waals surface area (Å²) in [4.78, 5) is 14.8. The molecule has 19 heavy (non-hydrogen) atoms. The molecule has 2 heterocycles. The molecule has 3 heteroatoms. The minimum absolute atomic E-state index is 0.148. The lowest BCUT2D eigenvalue weighted by molar-refractivity contribution is -0.139. The molecule has 2 fully saturated rings. The van der Waals surface area contributed by atoms with Crippen molar-refractivity contribution >= 4 is 5.78 Å². The first kappa shape index (κ1) is 15.0. The zero-order chi connectivity index (χ0) is 13.7. The van der Waals surface area contributed by atoms with E-state index in [4.69, 9.17) is 4.74 Å². The van der Waals surface area contributed by atoms with Gasteiger partial charge in [0.15, 0.2) is 5.78 Å². The fraction of sp³-hybridized carbons (Fsp3) is 0.938. The highest BCUT2D eigenvalue weighted by molar-refractivity contribution is 5.83. The van der Waals surface area contributed by atoms with Gasteiger partial charge in [0.05, 0.1) is 6.61 Å². The maximum atomic E-state index is 12.4. The predicted molar refractivity (Wildman–Crippen MR) is 77.3 cm³/mol. The van der Waals surface area contributed by atoms with Crippen LogP contribution in [0.25, 0.3) is 0 Å². The largest absolute Gasteiger partial charge is 0.367 e. The third-order valence-corrected chi connectivity index (χ3v) is 4.78. The van der Waals surface area contributed by atoms with Crippen LogP contribution in [0, 0.1) is 5.92 Å². The maximum absolute atomic E-state index is 12.4. The fourth-order valence-corrected chi connectivity index (χ4v) is 3.37. The summed E-state index contributed by atoms with van der Waals surface area (Å²) in [7, 11) is 0. The Labute approximate surface area is 117 Å². The van der Waals surface area contributed by atoms with E-state index in [0.29, 0.717) is 17.7 Å². The minimum atomic E-state index is -0.148. The van der Waals surface area contributed by atoms with E-state index in [9.17, 15) is 4.79 Å². The average molecular weight is 267 g/mol. The highest BCUT2D eigenvalue weighted by Crippen LogP contribution is 2.25. The molecule has 2 rings (SSSR count). The van der Waals surface area contributed by atoms with Crippen LogP contribution < -0.4 is 0 Å². The Morgan fingerprint density at radius 2 is 2.26 bits per heavy atom. The molecule has 0 aromatic rings.